The Kier molecular flexibility index (Phi) is 7.55. The van der Waals surface area contributed by atoms with E-state index in [0.717, 1.165) is 11.3 Å². The number of amides is 3. The van der Waals surface area contributed by atoms with Crippen LogP contribution < -0.4 is 20.1 Å². The number of rotatable bonds is 6. The first-order chi connectivity index (χ1) is 16.9. The third-order valence-electron chi connectivity index (χ3n) is 6.41. The molecule has 3 atom stereocenters. The van der Waals surface area contributed by atoms with Gasteiger partial charge in [0.05, 0.1) is 31.2 Å². The molecule has 9 nitrogen and oxygen atoms in total. The van der Waals surface area contributed by atoms with Gasteiger partial charge in [-0.05, 0) is 37.1 Å². The molecular formula is C26H31N3O6. The van der Waals surface area contributed by atoms with Gasteiger partial charge in [0, 0.05) is 31.8 Å². The van der Waals surface area contributed by atoms with Gasteiger partial charge in [-0.25, -0.2) is 0 Å². The monoisotopic (exact) mass is 481 g/mol. The number of hydrogen-bond acceptors (Lipinski definition) is 6. The summed E-state index contributed by atoms with van der Waals surface area (Å²) in [5.41, 5.74) is 1.84. The van der Waals surface area contributed by atoms with E-state index >= 15 is 0 Å². The van der Waals surface area contributed by atoms with Crippen molar-refractivity contribution in [3.63, 3.8) is 0 Å². The van der Waals surface area contributed by atoms with Crippen molar-refractivity contribution < 1.29 is 28.6 Å². The number of carbonyl (C=O) groups is 3. The lowest BCUT2D eigenvalue weighted by Crippen LogP contribution is -2.53. The molecule has 2 N–H and O–H groups in total. The number of anilines is 1. The highest BCUT2D eigenvalue weighted by atomic mass is 16.5. The molecule has 0 bridgehead atoms. The molecule has 2 aromatic carbocycles. The Morgan fingerprint density at radius 1 is 1.17 bits per heavy atom. The van der Waals surface area contributed by atoms with Crippen molar-refractivity contribution in [2.75, 3.05) is 26.1 Å². The number of likely N-dealkylation sites (N-methyl/N-ethyl adjacent to an activating group) is 1. The molecule has 0 spiro atoms. The average molecular weight is 482 g/mol. The molecule has 4 rings (SSSR count). The maximum Gasteiger partial charge on any atom is 0.257 e. The van der Waals surface area contributed by atoms with Crippen LogP contribution in [-0.2, 0) is 20.9 Å². The van der Waals surface area contributed by atoms with E-state index in [2.05, 4.69) is 10.6 Å². The third kappa shape index (κ3) is 5.74. The van der Waals surface area contributed by atoms with E-state index in [-0.39, 0.29) is 49.0 Å². The van der Waals surface area contributed by atoms with Crippen LogP contribution in [0.15, 0.2) is 42.5 Å². The number of hydrogen-bond donors (Lipinski definition) is 2. The van der Waals surface area contributed by atoms with Crippen LogP contribution in [0.3, 0.4) is 0 Å². The number of benzene rings is 2. The molecule has 0 radical (unpaired) electrons. The molecule has 35 heavy (non-hydrogen) atoms. The minimum absolute atomic E-state index is 0.105. The summed E-state index contributed by atoms with van der Waals surface area (Å²) in [6.07, 6.45) is 0.961. The zero-order valence-electron chi connectivity index (χ0n) is 20.2. The molecule has 186 valence electrons. The quantitative estimate of drug-likeness (QED) is 0.657. The van der Waals surface area contributed by atoms with Gasteiger partial charge in [-0.3, -0.25) is 14.4 Å². The molecule has 2 aliphatic rings. The number of methoxy groups -OCH3 is 1. The second kappa shape index (κ2) is 10.8. The largest absolute Gasteiger partial charge is 0.496 e. The van der Waals surface area contributed by atoms with Gasteiger partial charge >= 0.3 is 0 Å². The molecule has 2 aromatic rings. The Morgan fingerprint density at radius 2 is 1.97 bits per heavy atom. The lowest BCUT2D eigenvalue weighted by molar-refractivity contribution is -0.134. The summed E-state index contributed by atoms with van der Waals surface area (Å²) >= 11 is 0. The van der Waals surface area contributed by atoms with Gasteiger partial charge in [-0.1, -0.05) is 18.2 Å². The van der Waals surface area contributed by atoms with Crippen molar-refractivity contribution in [3.8, 4) is 11.5 Å². The highest BCUT2D eigenvalue weighted by Crippen LogP contribution is 2.32. The predicted molar refractivity (Wildman–Crippen MR) is 129 cm³/mol. The Labute approximate surface area is 204 Å². The maximum absolute atomic E-state index is 13.2. The molecule has 2 aliphatic heterocycles. The molecule has 3 amide bonds. The average Bonchev–Trinajstić information content (AvgIpc) is 2.85. The Morgan fingerprint density at radius 3 is 2.74 bits per heavy atom. The SMILES string of the molecule is COc1ccccc1CNC(=O)C[C@H]1CC[C@H]2[C@@H](COc3ccc(NC(C)=O)cc3C(=O)N2C)O1. The molecule has 0 saturated carbocycles. The van der Waals surface area contributed by atoms with E-state index < -0.39 is 0 Å². The minimum atomic E-state index is -0.354. The third-order valence-corrected chi connectivity index (χ3v) is 6.41. The van der Waals surface area contributed by atoms with Crippen LogP contribution in [0.4, 0.5) is 5.69 Å². The standard InChI is InChI=1S/C26H31N3O6/c1-16(30)28-18-8-11-23-20(12-18)26(32)29(2)21-10-9-19(35-24(21)15-34-23)13-25(31)27-14-17-6-4-5-7-22(17)33-3/h4-8,11-12,19,21,24H,9-10,13-15H2,1-3H3,(H,27,31)(H,28,30)/t19-,21+,24-/m1/s1. The minimum Gasteiger partial charge on any atom is -0.496 e. The molecule has 1 fully saturated rings. The van der Waals surface area contributed by atoms with Crippen LogP contribution in [0.25, 0.3) is 0 Å². The number of ether oxygens (including phenoxy) is 3. The summed E-state index contributed by atoms with van der Waals surface area (Å²) in [4.78, 5) is 38.9. The van der Waals surface area contributed by atoms with Gasteiger partial charge in [-0.2, -0.15) is 0 Å². The predicted octanol–water partition coefficient (Wildman–Crippen LogP) is 2.74. The maximum atomic E-state index is 13.2. The Bertz CT molecular complexity index is 1100. The van der Waals surface area contributed by atoms with Crippen molar-refractivity contribution in [1.82, 2.24) is 10.2 Å². The number of carbonyl (C=O) groups excluding carboxylic acids is 3. The van der Waals surface area contributed by atoms with Gasteiger partial charge in [0.2, 0.25) is 11.8 Å². The lowest BCUT2D eigenvalue weighted by atomic mass is 9.94. The van der Waals surface area contributed by atoms with Crippen molar-refractivity contribution in [3.05, 3.63) is 53.6 Å². The number of nitrogens with one attached hydrogen (secondary N) is 2. The number of nitrogens with zero attached hydrogens (tertiary/aromatic N) is 1. The first kappa shape index (κ1) is 24.5. The molecule has 0 aliphatic carbocycles. The van der Waals surface area contributed by atoms with Crippen molar-refractivity contribution in [2.24, 2.45) is 0 Å². The molecule has 2 heterocycles. The summed E-state index contributed by atoms with van der Waals surface area (Å²) < 4.78 is 17.5. The van der Waals surface area contributed by atoms with Crippen LogP contribution >= 0.6 is 0 Å². The molecule has 0 aromatic heterocycles. The van der Waals surface area contributed by atoms with Gasteiger partial charge in [0.15, 0.2) is 0 Å². The van der Waals surface area contributed by atoms with Crippen LogP contribution in [0, 0.1) is 0 Å². The summed E-state index contributed by atoms with van der Waals surface area (Å²) in [6.45, 7) is 2.05. The molecular weight excluding hydrogens is 450 g/mol. The van der Waals surface area contributed by atoms with Crippen LogP contribution in [0.5, 0.6) is 11.5 Å². The molecule has 1 saturated heterocycles. The first-order valence-corrected chi connectivity index (χ1v) is 11.7. The van der Waals surface area contributed by atoms with Crippen molar-refractivity contribution >= 4 is 23.4 Å². The normalized spacial score (nSPS) is 21.5. The van der Waals surface area contributed by atoms with E-state index in [9.17, 15) is 14.4 Å². The molecule has 9 heteroatoms. The van der Waals surface area contributed by atoms with E-state index in [1.165, 1.54) is 6.92 Å². The number of para-hydroxylation sites is 1. The topological polar surface area (TPSA) is 106 Å². The second-order valence-electron chi connectivity index (χ2n) is 8.85. The zero-order chi connectivity index (χ0) is 24.9. The zero-order valence-corrected chi connectivity index (χ0v) is 20.2. The van der Waals surface area contributed by atoms with Crippen molar-refractivity contribution in [2.45, 2.75) is 51.0 Å². The summed E-state index contributed by atoms with van der Waals surface area (Å²) in [6, 6.07) is 12.4. The second-order valence-corrected chi connectivity index (χ2v) is 8.85. The fourth-order valence-electron chi connectivity index (χ4n) is 4.63. The van der Waals surface area contributed by atoms with E-state index in [4.69, 9.17) is 14.2 Å². The number of fused-ring (bicyclic) bond motifs is 2. The van der Waals surface area contributed by atoms with Gasteiger partial charge in [0.25, 0.3) is 5.91 Å². The fraction of sp³-hybridized carbons (Fsp3) is 0.423. The van der Waals surface area contributed by atoms with E-state index in [1.54, 1.807) is 37.3 Å². The Balaban J connectivity index is 1.38. The van der Waals surface area contributed by atoms with Crippen LogP contribution in [0.2, 0.25) is 0 Å². The lowest BCUT2D eigenvalue weighted by Gasteiger charge is -2.42. The van der Waals surface area contributed by atoms with Crippen LogP contribution in [0.1, 0.15) is 42.1 Å². The Hall–Kier alpha value is -3.59. The van der Waals surface area contributed by atoms with E-state index in [0.29, 0.717) is 36.4 Å². The van der Waals surface area contributed by atoms with Crippen LogP contribution in [-0.4, -0.2) is 61.6 Å². The smallest absolute Gasteiger partial charge is 0.257 e. The summed E-state index contributed by atoms with van der Waals surface area (Å²) in [5.74, 6) is 0.657. The van der Waals surface area contributed by atoms with Gasteiger partial charge < -0.3 is 29.7 Å². The fourth-order valence-corrected chi connectivity index (χ4v) is 4.63. The summed E-state index contributed by atoms with van der Waals surface area (Å²) in [7, 11) is 3.36. The van der Waals surface area contributed by atoms with Gasteiger partial charge in [-0.15, -0.1) is 0 Å². The highest BCUT2D eigenvalue weighted by molar-refractivity contribution is 5.99. The molecule has 0 unspecified atom stereocenters. The summed E-state index contributed by atoms with van der Waals surface area (Å²) in [5, 5.41) is 5.64. The van der Waals surface area contributed by atoms with E-state index in [1.807, 2.05) is 24.3 Å². The first-order valence-electron chi connectivity index (χ1n) is 11.7. The van der Waals surface area contributed by atoms with Gasteiger partial charge in [0.1, 0.15) is 24.2 Å². The van der Waals surface area contributed by atoms with Crippen molar-refractivity contribution in [1.29, 1.82) is 0 Å². The highest BCUT2D eigenvalue weighted by Gasteiger charge is 2.39.